The van der Waals surface area contributed by atoms with Crippen molar-refractivity contribution in [2.24, 2.45) is 0 Å². The molecule has 3 heterocycles. The minimum Gasteiger partial charge on any atom is -0.369 e. The van der Waals surface area contributed by atoms with Gasteiger partial charge in [0, 0.05) is 43.5 Å². The summed E-state index contributed by atoms with van der Waals surface area (Å²) in [4.78, 5) is 11.8. The Morgan fingerprint density at radius 2 is 1.84 bits per heavy atom. The quantitative estimate of drug-likeness (QED) is 0.679. The number of fused-ring (bicyclic) bond motifs is 1. The number of rotatable bonds is 4. The zero-order valence-corrected chi connectivity index (χ0v) is 14.0. The maximum absolute atomic E-state index is 4.73. The number of nitrogens with one attached hydrogen (secondary N) is 3. The van der Waals surface area contributed by atoms with E-state index >= 15 is 0 Å². The standard InChI is InChI=1S/C18H21N7/c1-2-12(1)17-22-15-11-20-24-16(15)18(23-17)21-13-3-5-14(6-4-13)25-9-7-19-8-10-25/h3-6,11-12,19H,1-2,7-10H2,(H,20,24)(H,21,22,23). The first-order valence-electron chi connectivity index (χ1n) is 8.90. The summed E-state index contributed by atoms with van der Waals surface area (Å²) in [5, 5.41) is 13.9. The lowest BCUT2D eigenvalue weighted by Gasteiger charge is -2.29. The van der Waals surface area contributed by atoms with E-state index in [0.717, 1.165) is 54.5 Å². The fourth-order valence-electron chi connectivity index (χ4n) is 3.29. The van der Waals surface area contributed by atoms with Crippen LogP contribution in [-0.4, -0.2) is 46.3 Å². The first kappa shape index (κ1) is 14.7. The van der Waals surface area contributed by atoms with E-state index < -0.39 is 0 Å². The van der Waals surface area contributed by atoms with Gasteiger partial charge in [0.2, 0.25) is 0 Å². The van der Waals surface area contributed by atoms with E-state index in [2.05, 4.69) is 55.0 Å². The van der Waals surface area contributed by atoms with Crippen molar-refractivity contribution in [2.45, 2.75) is 18.8 Å². The van der Waals surface area contributed by atoms with Crippen molar-refractivity contribution < 1.29 is 0 Å². The van der Waals surface area contributed by atoms with Gasteiger partial charge in [-0.05, 0) is 37.1 Å². The molecular formula is C18H21N7. The third-order valence-corrected chi connectivity index (χ3v) is 4.87. The molecule has 7 nitrogen and oxygen atoms in total. The molecule has 5 rings (SSSR count). The molecule has 3 N–H and O–H groups in total. The summed E-state index contributed by atoms with van der Waals surface area (Å²) in [6, 6.07) is 8.55. The Bertz CT molecular complexity index is 876. The van der Waals surface area contributed by atoms with E-state index in [0.29, 0.717) is 5.92 Å². The predicted molar refractivity (Wildman–Crippen MR) is 98.5 cm³/mol. The molecule has 2 fully saturated rings. The lowest BCUT2D eigenvalue weighted by molar-refractivity contribution is 0.589. The third kappa shape index (κ3) is 2.91. The van der Waals surface area contributed by atoms with Crippen LogP contribution in [0.4, 0.5) is 17.2 Å². The lowest BCUT2D eigenvalue weighted by atomic mass is 10.2. The van der Waals surface area contributed by atoms with Gasteiger partial charge >= 0.3 is 0 Å². The molecule has 0 radical (unpaired) electrons. The van der Waals surface area contributed by atoms with Crippen LogP contribution in [0, 0.1) is 0 Å². The summed E-state index contributed by atoms with van der Waals surface area (Å²) in [6.07, 6.45) is 4.13. The monoisotopic (exact) mass is 335 g/mol. The molecule has 2 aromatic heterocycles. The molecule has 0 spiro atoms. The van der Waals surface area contributed by atoms with Crippen molar-refractivity contribution >= 4 is 28.2 Å². The van der Waals surface area contributed by atoms with Gasteiger partial charge in [-0.3, -0.25) is 5.10 Å². The van der Waals surface area contributed by atoms with Crippen molar-refractivity contribution in [3.05, 3.63) is 36.3 Å². The minimum atomic E-state index is 0.509. The van der Waals surface area contributed by atoms with Crippen molar-refractivity contribution in [1.82, 2.24) is 25.5 Å². The minimum absolute atomic E-state index is 0.509. The number of nitrogens with zero attached hydrogens (tertiary/aromatic N) is 4. The molecule has 0 unspecified atom stereocenters. The topological polar surface area (TPSA) is 81.8 Å². The number of aromatic nitrogens is 4. The summed E-state index contributed by atoms with van der Waals surface area (Å²) in [7, 11) is 0. The summed E-state index contributed by atoms with van der Waals surface area (Å²) < 4.78 is 0. The van der Waals surface area contributed by atoms with Gasteiger partial charge in [-0.2, -0.15) is 5.10 Å². The summed E-state index contributed by atoms with van der Waals surface area (Å²) in [5.74, 6) is 2.24. The molecule has 1 aliphatic heterocycles. The van der Waals surface area contributed by atoms with E-state index in [9.17, 15) is 0 Å². The van der Waals surface area contributed by atoms with Crippen molar-refractivity contribution in [3.63, 3.8) is 0 Å². The van der Waals surface area contributed by atoms with Crippen LogP contribution in [0.25, 0.3) is 11.0 Å². The number of benzene rings is 1. The van der Waals surface area contributed by atoms with E-state index in [1.54, 1.807) is 6.20 Å². The summed E-state index contributed by atoms with van der Waals surface area (Å²) in [5.41, 5.74) is 4.02. The molecule has 2 aliphatic rings. The fraction of sp³-hybridized carbons (Fsp3) is 0.389. The SMILES string of the molecule is c1cc(N2CCNCC2)ccc1Nc1nc(C2CC2)nc2cn[nH]c12. The maximum Gasteiger partial charge on any atom is 0.160 e. The molecule has 1 saturated carbocycles. The summed E-state index contributed by atoms with van der Waals surface area (Å²) >= 11 is 0. The van der Waals surface area contributed by atoms with Crippen molar-refractivity contribution in [1.29, 1.82) is 0 Å². The largest absolute Gasteiger partial charge is 0.369 e. The smallest absolute Gasteiger partial charge is 0.160 e. The van der Waals surface area contributed by atoms with Gasteiger partial charge in [0.1, 0.15) is 16.9 Å². The Morgan fingerprint density at radius 1 is 1.04 bits per heavy atom. The molecule has 0 amide bonds. The number of H-pyrrole nitrogens is 1. The highest BCUT2D eigenvalue weighted by atomic mass is 15.2. The number of aromatic amines is 1. The van der Waals surface area contributed by atoms with Gasteiger partial charge in [-0.15, -0.1) is 0 Å². The molecular weight excluding hydrogens is 314 g/mol. The Kier molecular flexibility index (Phi) is 3.52. The average Bonchev–Trinajstić information content (AvgIpc) is 3.41. The summed E-state index contributed by atoms with van der Waals surface area (Å²) in [6.45, 7) is 4.20. The average molecular weight is 335 g/mol. The van der Waals surface area contributed by atoms with Gasteiger partial charge in [-0.25, -0.2) is 9.97 Å². The zero-order valence-electron chi connectivity index (χ0n) is 14.0. The van der Waals surface area contributed by atoms with Gasteiger partial charge < -0.3 is 15.5 Å². The normalized spacial score (nSPS) is 17.8. The maximum atomic E-state index is 4.73. The number of hydrogen-bond donors (Lipinski definition) is 3. The van der Waals surface area contributed by atoms with Crippen LogP contribution in [0.3, 0.4) is 0 Å². The molecule has 128 valence electrons. The number of piperazine rings is 1. The van der Waals surface area contributed by atoms with Crippen LogP contribution in [-0.2, 0) is 0 Å². The molecule has 3 aromatic rings. The zero-order chi connectivity index (χ0) is 16.6. The van der Waals surface area contributed by atoms with E-state index in [-0.39, 0.29) is 0 Å². The Balaban J connectivity index is 1.41. The van der Waals surface area contributed by atoms with Crippen molar-refractivity contribution in [2.75, 3.05) is 36.4 Å². The van der Waals surface area contributed by atoms with Gasteiger partial charge in [0.25, 0.3) is 0 Å². The Morgan fingerprint density at radius 3 is 2.60 bits per heavy atom. The second-order valence-corrected chi connectivity index (χ2v) is 6.74. The van der Waals surface area contributed by atoms with Crippen LogP contribution in [0.2, 0.25) is 0 Å². The number of hydrogen-bond acceptors (Lipinski definition) is 6. The van der Waals surface area contributed by atoms with Crippen LogP contribution >= 0.6 is 0 Å². The second kappa shape index (κ2) is 6.00. The Labute approximate surface area is 145 Å². The highest BCUT2D eigenvalue weighted by molar-refractivity contribution is 5.86. The van der Waals surface area contributed by atoms with E-state index in [1.807, 2.05) is 0 Å². The molecule has 1 saturated heterocycles. The molecule has 7 heteroatoms. The van der Waals surface area contributed by atoms with Crippen LogP contribution in [0.1, 0.15) is 24.6 Å². The molecule has 0 atom stereocenters. The molecule has 25 heavy (non-hydrogen) atoms. The third-order valence-electron chi connectivity index (χ3n) is 4.87. The van der Waals surface area contributed by atoms with Crippen LogP contribution < -0.4 is 15.5 Å². The second-order valence-electron chi connectivity index (χ2n) is 6.74. The number of anilines is 3. The molecule has 1 aromatic carbocycles. The van der Waals surface area contributed by atoms with E-state index in [1.165, 1.54) is 18.5 Å². The van der Waals surface area contributed by atoms with Gasteiger partial charge in [0.05, 0.1) is 6.20 Å². The highest BCUT2D eigenvalue weighted by Crippen LogP contribution is 2.39. The van der Waals surface area contributed by atoms with Gasteiger partial charge in [-0.1, -0.05) is 0 Å². The van der Waals surface area contributed by atoms with E-state index in [4.69, 9.17) is 4.98 Å². The molecule has 0 bridgehead atoms. The van der Waals surface area contributed by atoms with Crippen LogP contribution in [0.15, 0.2) is 30.5 Å². The van der Waals surface area contributed by atoms with Crippen LogP contribution in [0.5, 0.6) is 0 Å². The van der Waals surface area contributed by atoms with Crippen molar-refractivity contribution in [3.8, 4) is 0 Å². The predicted octanol–water partition coefficient (Wildman–Crippen LogP) is 2.38. The fourth-order valence-corrected chi connectivity index (χ4v) is 3.29. The Hall–Kier alpha value is -2.67. The van der Waals surface area contributed by atoms with Gasteiger partial charge in [0.15, 0.2) is 5.82 Å². The lowest BCUT2D eigenvalue weighted by Crippen LogP contribution is -2.43. The first-order valence-corrected chi connectivity index (χ1v) is 8.90. The molecule has 1 aliphatic carbocycles. The first-order chi connectivity index (χ1) is 12.4. The highest BCUT2D eigenvalue weighted by Gasteiger charge is 2.28.